The van der Waals surface area contributed by atoms with E-state index in [0.29, 0.717) is 0 Å². The lowest BCUT2D eigenvalue weighted by Gasteiger charge is -2.30. The molecule has 0 unspecified atom stereocenters. The molecule has 1 aliphatic carbocycles. The second-order valence-electron chi connectivity index (χ2n) is 2.74. The molecule has 1 saturated carbocycles. The van der Waals surface area contributed by atoms with Gasteiger partial charge < -0.3 is 0 Å². The summed E-state index contributed by atoms with van der Waals surface area (Å²) in [7, 11) is 0. The van der Waals surface area contributed by atoms with E-state index in [2.05, 4.69) is 26.0 Å². The topological polar surface area (TPSA) is 0 Å². The molecule has 0 amide bonds. The predicted molar refractivity (Wildman–Crippen MR) is 36.7 cm³/mol. The van der Waals surface area contributed by atoms with Crippen molar-refractivity contribution in [1.82, 2.24) is 0 Å². The van der Waals surface area contributed by atoms with Crippen LogP contribution in [-0.4, -0.2) is 0 Å². The minimum Gasteiger partial charge on any atom is -0.0914 e. The largest absolute Gasteiger partial charge is 0.0914 e. The first-order valence-corrected chi connectivity index (χ1v) is 3.47. The Bertz CT molecular complexity index is 92.2. The van der Waals surface area contributed by atoms with Gasteiger partial charge in [0.25, 0.3) is 0 Å². The van der Waals surface area contributed by atoms with Crippen LogP contribution in [0.4, 0.5) is 0 Å². The summed E-state index contributed by atoms with van der Waals surface area (Å²) in [4.78, 5) is 0. The molecule has 0 aliphatic heterocycles. The second kappa shape index (κ2) is 2.34. The molecule has 0 radical (unpaired) electrons. The molecule has 1 rings (SSSR count). The van der Waals surface area contributed by atoms with Crippen LogP contribution in [-0.2, 0) is 0 Å². The SMILES string of the molecule is C/C=C/[C@H]1CC[C@H]1C. The third kappa shape index (κ3) is 0.936. The molecule has 0 bridgehead atoms. The Labute approximate surface area is 51.6 Å². The van der Waals surface area contributed by atoms with E-state index in [9.17, 15) is 0 Å². The molecule has 0 aromatic rings. The molecule has 0 spiro atoms. The highest BCUT2D eigenvalue weighted by Gasteiger charge is 2.23. The van der Waals surface area contributed by atoms with E-state index < -0.39 is 0 Å². The lowest BCUT2D eigenvalue weighted by Crippen LogP contribution is -2.20. The number of hydrogen-bond donors (Lipinski definition) is 0. The highest BCUT2D eigenvalue weighted by atomic mass is 14.3. The highest BCUT2D eigenvalue weighted by Crippen LogP contribution is 2.34. The van der Waals surface area contributed by atoms with E-state index in [0.717, 1.165) is 11.8 Å². The van der Waals surface area contributed by atoms with Gasteiger partial charge in [0.2, 0.25) is 0 Å². The third-order valence-corrected chi connectivity index (χ3v) is 2.13. The lowest BCUT2D eigenvalue weighted by molar-refractivity contribution is 0.251. The van der Waals surface area contributed by atoms with Crippen molar-refractivity contribution in [2.45, 2.75) is 26.7 Å². The minimum atomic E-state index is 0.917. The van der Waals surface area contributed by atoms with Crippen LogP contribution in [0, 0.1) is 11.8 Å². The average Bonchev–Trinajstić information content (AvgIpc) is 1.79. The Morgan fingerprint density at radius 3 is 2.25 bits per heavy atom. The van der Waals surface area contributed by atoms with Crippen LogP contribution in [0.3, 0.4) is 0 Å². The Morgan fingerprint density at radius 2 is 2.12 bits per heavy atom. The van der Waals surface area contributed by atoms with Gasteiger partial charge in [0.1, 0.15) is 0 Å². The van der Waals surface area contributed by atoms with E-state index in [1.54, 1.807) is 0 Å². The predicted octanol–water partition coefficient (Wildman–Crippen LogP) is 2.61. The van der Waals surface area contributed by atoms with E-state index in [-0.39, 0.29) is 0 Å². The zero-order valence-corrected chi connectivity index (χ0v) is 5.72. The molecule has 0 heteroatoms. The van der Waals surface area contributed by atoms with Crippen molar-refractivity contribution >= 4 is 0 Å². The Balaban J connectivity index is 2.27. The number of hydrogen-bond acceptors (Lipinski definition) is 0. The number of allylic oxidation sites excluding steroid dienone is 2. The summed E-state index contributed by atoms with van der Waals surface area (Å²) in [5.41, 5.74) is 0. The maximum atomic E-state index is 2.33. The van der Waals surface area contributed by atoms with Gasteiger partial charge in [-0.3, -0.25) is 0 Å². The van der Waals surface area contributed by atoms with Crippen molar-refractivity contribution in [3.8, 4) is 0 Å². The van der Waals surface area contributed by atoms with Crippen molar-refractivity contribution in [2.75, 3.05) is 0 Å². The molecule has 0 aromatic carbocycles. The van der Waals surface area contributed by atoms with Gasteiger partial charge >= 0.3 is 0 Å². The Morgan fingerprint density at radius 1 is 1.38 bits per heavy atom. The van der Waals surface area contributed by atoms with Crippen LogP contribution in [0.15, 0.2) is 12.2 Å². The number of rotatable bonds is 1. The molecule has 0 heterocycles. The molecule has 0 N–H and O–H groups in total. The summed E-state index contributed by atoms with van der Waals surface area (Å²) >= 11 is 0. The van der Waals surface area contributed by atoms with Gasteiger partial charge in [-0.25, -0.2) is 0 Å². The summed E-state index contributed by atoms with van der Waals surface area (Å²) in [6.07, 6.45) is 7.36. The monoisotopic (exact) mass is 110 g/mol. The van der Waals surface area contributed by atoms with Gasteiger partial charge in [-0.05, 0) is 31.6 Å². The fraction of sp³-hybridized carbons (Fsp3) is 0.750. The Kier molecular flexibility index (Phi) is 1.72. The standard InChI is InChI=1S/C8H14/c1-3-4-8-6-5-7(8)2/h3-4,7-8H,5-6H2,1-2H3/b4-3+/t7-,8+/m1/s1. The second-order valence-corrected chi connectivity index (χ2v) is 2.74. The molecule has 1 aliphatic rings. The van der Waals surface area contributed by atoms with E-state index >= 15 is 0 Å². The van der Waals surface area contributed by atoms with Crippen LogP contribution in [0.1, 0.15) is 26.7 Å². The van der Waals surface area contributed by atoms with Crippen LogP contribution in [0.2, 0.25) is 0 Å². The Hall–Kier alpha value is -0.260. The first kappa shape index (κ1) is 5.87. The maximum Gasteiger partial charge on any atom is -0.0208 e. The van der Waals surface area contributed by atoms with E-state index in [1.807, 2.05) is 0 Å². The summed E-state index contributed by atoms with van der Waals surface area (Å²) in [6, 6.07) is 0. The molecule has 0 saturated heterocycles. The van der Waals surface area contributed by atoms with E-state index in [4.69, 9.17) is 0 Å². The van der Waals surface area contributed by atoms with Gasteiger partial charge in [-0.2, -0.15) is 0 Å². The first-order chi connectivity index (χ1) is 3.84. The summed E-state index contributed by atoms with van der Waals surface area (Å²) in [5, 5.41) is 0. The normalized spacial score (nSPS) is 37.8. The van der Waals surface area contributed by atoms with Crippen molar-refractivity contribution in [2.24, 2.45) is 11.8 Å². The van der Waals surface area contributed by atoms with Crippen LogP contribution in [0.5, 0.6) is 0 Å². The van der Waals surface area contributed by atoms with Crippen LogP contribution in [0.25, 0.3) is 0 Å². The maximum absolute atomic E-state index is 2.33. The average molecular weight is 110 g/mol. The zero-order valence-electron chi connectivity index (χ0n) is 5.72. The van der Waals surface area contributed by atoms with Gasteiger partial charge in [-0.15, -0.1) is 0 Å². The summed E-state index contributed by atoms with van der Waals surface area (Å²) < 4.78 is 0. The molecule has 8 heavy (non-hydrogen) atoms. The summed E-state index contributed by atoms with van der Waals surface area (Å²) in [5.74, 6) is 1.88. The van der Waals surface area contributed by atoms with E-state index in [1.165, 1.54) is 12.8 Å². The molecular weight excluding hydrogens is 96.1 g/mol. The molecule has 1 fully saturated rings. The van der Waals surface area contributed by atoms with Crippen LogP contribution < -0.4 is 0 Å². The minimum absolute atomic E-state index is 0.917. The van der Waals surface area contributed by atoms with Crippen LogP contribution >= 0.6 is 0 Å². The lowest BCUT2D eigenvalue weighted by atomic mass is 9.75. The smallest absolute Gasteiger partial charge is 0.0208 e. The molecule has 2 atom stereocenters. The van der Waals surface area contributed by atoms with Crippen molar-refractivity contribution in [3.05, 3.63) is 12.2 Å². The summed E-state index contributed by atoms with van der Waals surface area (Å²) in [6.45, 7) is 4.43. The quantitative estimate of drug-likeness (QED) is 0.455. The fourth-order valence-electron chi connectivity index (χ4n) is 1.23. The fourth-order valence-corrected chi connectivity index (χ4v) is 1.23. The first-order valence-electron chi connectivity index (χ1n) is 3.47. The van der Waals surface area contributed by atoms with Gasteiger partial charge in [0.05, 0.1) is 0 Å². The van der Waals surface area contributed by atoms with Crippen molar-refractivity contribution < 1.29 is 0 Å². The van der Waals surface area contributed by atoms with Gasteiger partial charge in [-0.1, -0.05) is 19.1 Å². The molecule has 46 valence electrons. The molecule has 0 aromatic heterocycles. The third-order valence-electron chi connectivity index (χ3n) is 2.13. The van der Waals surface area contributed by atoms with Gasteiger partial charge in [0, 0.05) is 0 Å². The van der Waals surface area contributed by atoms with Crippen molar-refractivity contribution in [3.63, 3.8) is 0 Å². The zero-order chi connectivity index (χ0) is 5.98. The molecule has 0 nitrogen and oxygen atoms in total. The van der Waals surface area contributed by atoms with Crippen molar-refractivity contribution in [1.29, 1.82) is 0 Å². The molecular formula is C8H14. The highest BCUT2D eigenvalue weighted by molar-refractivity contribution is 4.93. The van der Waals surface area contributed by atoms with Gasteiger partial charge in [0.15, 0.2) is 0 Å².